The Bertz CT molecular complexity index is 1230. The summed E-state index contributed by atoms with van der Waals surface area (Å²) < 4.78 is 31.4. The van der Waals surface area contributed by atoms with Gasteiger partial charge in [0.15, 0.2) is 0 Å². The molecular weight excluding hydrogens is 541 g/mol. The van der Waals surface area contributed by atoms with Crippen molar-refractivity contribution in [2.24, 2.45) is 0 Å². The van der Waals surface area contributed by atoms with Gasteiger partial charge in [0.2, 0.25) is 11.1 Å². The number of aromatic nitrogens is 4. The van der Waals surface area contributed by atoms with E-state index in [1.165, 1.54) is 23.1 Å². The van der Waals surface area contributed by atoms with Crippen LogP contribution in [0.4, 0.5) is 0 Å². The number of nitrogens with one attached hydrogen (secondary N) is 2. The number of carboxylic acids is 1. The monoisotopic (exact) mass is 560 g/mol. The Balaban J connectivity index is 1.53. The molecule has 188 valence electrons. The van der Waals surface area contributed by atoms with Crippen LogP contribution >= 0.6 is 34.9 Å². The maximum atomic E-state index is 12.9. The van der Waals surface area contributed by atoms with Crippen molar-refractivity contribution in [3.63, 3.8) is 0 Å². The quantitative estimate of drug-likeness (QED) is 0.168. The highest BCUT2D eigenvalue weighted by Gasteiger charge is 2.54. The molecule has 2 aromatic heterocycles. The van der Waals surface area contributed by atoms with E-state index in [2.05, 4.69) is 25.9 Å². The lowest BCUT2D eigenvalue weighted by molar-refractivity contribution is -0.150. The molecule has 2 aliphatic rings. The Morgan fingerprint density at radius 2 is 2.20 bits per heavy atom. The molecule has 4 heterocycles. The van der Waals surface area contributed by atoms with Crippen molar-refractivity contribution in [2.75, 3.05) is 11.5 Å². The van der Waals surface area contributed by atoms with E-state index >= 15 is 0 Å². The van der Waals surface area contributed by atoms with E-state index in [0.29, 0.717) is 5.57 Å². The number of hydrogen-bond donors (Lipinski definition) is 4. The number of thiophene rings is 1. The van der Waals surface area contributed by atoms with Crippen molar-refractivity contribution in [3.05, 3.63) is 33.7 Å². The molecule has 0 spiro atoms. The first-order chi connectivity index (χ1) is 16.6. The number of aliphatic carboxylic acids is 1. The summed E-state index contributed by atoms with van der Waals surface area (Å²) in [5.74, 6) is -2.43. The lowest BCUT2D eigenvalue weighted by atomic mass is 10.00. The SMILES string of the molecule is O=C(Cc1cccs1)NC1C(=O)N2C(C(=O)O)=C(C(CCCS(=O)(=O)O)Sc3nn[nH]n3)CS[C@@H]12. The summed E-state index contributed by atoms with van der Waals surface area (Å²) in [4.78, 5) is 39.6. The number of rotatable bonds is 11. The summed E-state index contributed by atoms with van der Waals surface area (Å²) >= 11 is 3.82. The number of thioether (sulfide) groups is 2. The Labute approximate surface area is 211 Å². The van der Waals surface area contributed by atoms with Gasteiger partial charge in [-0.1, -0.05) is 17.8 Å². The number of carbonyl (C=O) groups excluding carboxylic acids is 2. The number of carbonyl (C=O) groups is 3. The molecule has 17 heteroatoms. The van der Waals surface area contributed by atoms with Crippen LogP contribution in [0.3, 0.4) is 0 Å². The van der Waals surface area contributed by atoms with Crippen LogP contribution in [0.1, 0.15) is 17.7 Å². The average Bonchev–Trinajstić information content (AvgIpc) is 3.49. The second-order valence-corrected chi connectivity index (χ2v) is 12.5. The molecule has 2 unspecified atom stereocenters. The van der Waals surface area contributed by atoms with E-state index in [1.54, 1.807) is 0 Å². The summed E-state index contributed by atoms with van der Waals surface area (Å²) in [5.41, 5.74) is 0.205. The number of aromatic amines is 1. The molecule has 2 amide bonds. The molecule has 0 bridgehead atoms. The van der Waals surface area contributed by atoms with Gasteiger partial charge in [0, 0.05) is 15.9 Å². The predicted molar refractivity (Wildman–Crippen MR) is 127 cm³/mol. The number of amides is 2. The van der Waals surface area contributed by atoms with Crippen molar-refractivity contribution in [1.29, 1.82) is 0 Å². The average molecular weight is 561 g/mol. The normalized spacial score (nSPS) is 20.8. The largest absolute Gasteiger partial charge is 0.477 e. The Morgan fingerprint density at radius 3 is 2.83 bits per heavy atom. The molecule has 2 aliphatic heterocycles. The van der Waals surface area contributed by atoms with E-state index < -0.39 is 44.4 Å². The molecule has 2 aromatic rings. The molecule has 0 saturated carbocycles. The zero-order valence-corrected chi connectivity index (χ0v) is 21.1. The Kier molecular flexibility index (Phi) is 7.80. The van der Waals surface area contributed by atoms with Crippen molar-refractivity contribution < 1.29 is 32.5 Å². The van der Waals surface area contributed by atoms with Crippen LogP contribution in [0.2, 0.25) is 0 Å². The van der Waals surface area contributed by atoms with Gasteiger partial charge in [-0.05, 0) is 35.1 Å². The summed E-state index contributed by atoms with van der Waals surface area (Å²) in [5, 5.41) is 27.1. The van der Waals surface area contributed by atoms with Gasteiger partial charge in [-0.2, -0.15) is 13.6 Å². The molecule has 4 N–H and O–H groups in total. The second kappa shape index (κ2) is 10.7. The highest BCUT2D eigenvalue weighted by Crippen LogP contribution is 2.44. The smallest absolute Gasteiger partial charge is 0.352 e. The molecule has 1 saturated heterocycles. The van der Waals surface area contributed by atoms with Gasteiger partial charge in [-0.3, -0.25) is 19.0 Å². The molecule has 35 heavy (non-hydrogen) atoms. The maximum absolute atomic E-state index is 12.9. The summed E-state index contributed by atoms with van der Waals surface area (Å²) in [6.07, 6.45) is 0.358. The minimum Gasteiger partial charge on any atom is -0.477 e. The fourth-order valence-corrected chi connectivity index (χ4v) is 7.59. The lowest BCUT2D eigenvalue weighted by Gasteiger charge is -2.50. The number of H-pyrrole nitrogens is 1. The Morgan fingerprint density at radius 1 is 1.40 bits per heavy atom. The first-order valence-corrected chi connectivity index (χ1v) is 14.6. The van der Waals surface area contributed by atoms with E-state index in [4.69, 9.17) is 4.55 Å². The topological polar surface area (TPSA) is 196 Å². The number of carboxylic acid groups (broad SMARTS) is 1. The fraction of sp³-hybridized carbons (Fsp3) is 0.444. The van der Waals surface area contributed by atoms with Gasteiger partial charge < -0.3 is 10.4 Å². The zero-order valence-electron chi connectivity index (χ0n) is 17.9. The molecule has 13 nitrogen and oxygen atoms in total. The van der Waals surface area contributed by atoms with Crippen molar-refractivity contribution >= 4 is 62.8 Å². The summed E-state index contributed by atoms with van der Waals surface area (Å²) in [6, 6.07) is 2.80. The van der Waals surface area contributed by atoms with E-state index in [-0.39, 0.29) is 41.8 Å². The number of β-lactam (4-membered cyclic amide) rings is 1. The third kappa shape index (κ3) is 6.03. The second-order valence-electron chi connectivity index (χ2n) is 7.62. The van der Waals surface area contributed by atoms with Crippen molar-refractivity contribution in [1.82, 2.24) is 30.8 Å². The summed E-state index contributed by atoms with van der Waals surface area (Å²) in [7, 11) is -4.20. The van der Waals surface area contributed by atoms with Crippen LogP contribution in [0, 0.1) is 0 Å². The van der Waals surface area contributed by atoms with E-state index in [0.717, 1.165) is 21.5 Å². The third-order valence-electron chi connectivity index (χ3n) is 5.26. The molecule has 3 atom stereocenters. The van der Waals surface area contributed by atoms with Gasteiger partial charge in [0.05, 0.1) is 12.2 Å². The lowest BCUT2D eigenvalue weighted by Crippen LogP contribution is -2.70. The van der Waals surface area contributed by atoms with Crippen LogP contribution in [0.5, 0.6) is 0 Å². The van der Waals surface area contributed by atoms with Crippen LogP contribution in [-0.4, -0.2) is 89.6 Å². The van der Waals surface area contributed by atoms with Gasteiger partial charge in [0.25, 0.3) is 16.0 Å². The molecule has 4 rings (SSSR count). The van der Waals surface area contributed by atoms with Crippen LogP contribution in [-0.2, 0) is 30.9 Å². The molecule has 0 aromatic carbocycles. The number of nitrogens with zero attached hydrogens (tertiary/aromatic N) is 4. The van der Waals surface area contributed by atoms with Gasteiger partial charge in [-0.25, -0.2) is 4.79 Å². The van der Waals surface area contributed by atoms with Crippen molar-refractivity contribution in [3.8, 4) is 0 Å². The number of fused-ring (bicyclic) bond motifs is 1. The van der Waals surface area contributed by atoms with Gasteiger partial charge >= 0.3 is 5.97 Å². The first-order valence-electron chi connectivity index (χ1n) is 10.2. The molecule has 1 fully saturated rings. The minimum absolute atomic E-state index is 0.0498. The third-order valence-corrected chi connectivity index (χ3v) is 9.43. The Hall–Kier alpha value is -2.47. The zero-order chi connectivity index (χ0) is 25.2. The van der Waals surface area contributed by atoms with E-state index in [9.17, 15) is 27.9 Å². The maximum Gasteiger partial charge on any atom is 0.352 e. The number of tetrazole rings is 1. The van der Waals surface area contributed by atoms with Gasteiger partial charge in [-0.15, -0.1) is 33.3 Å². The van der Waals surface area contributed by atoms with Crippen LogP contribution in [0.25, 0.3) is 0 Å². The fourth-order valence-electron chi connectivity index (χ4n) is 3.77. The van der Waals surface area contributed by atoms with E-state index in [1.807, 2.05) is 17.5 Å². The summed E-state index contributed by atoms with van der Waals surface area (Å²) in [6.45, 7) is 0. The van der Waals surface area contributed by atoms with Gasteiger partial charge in [0.1, 0.15) is 17.1 Å². The standard InChI is InChI=1S/C18H20N6O7S4/c25-12(7-9-3-1-5-32-9)19-13-15(26)24-14(17(27)28)10(8-33-16(13)24)11(4-2-6-35(29,30)31)34-18-20-22-23-21-18/h1,3,5,11,13,16H,2,4,6-8H2,(H,19,25)(H,27,28)(H,29,30,31)(H,20,21,22,23)/t11?,13?,16-/m0/s1. The molecule has 0 radical (unpaired) electrons. The highest BCUT2D eigenvalue weighted by atomic mass is 32.2. The molecule has 0 aliphatic carbocycles. The first kappa shape index (κ1) is 25.6. The molecular formula is C18H20N6O7S4. The van der Waals surface area contributed by atoms with Crippen LogP contribution in [0.15, 0.2) is 33.9 Å². The number of hydrogen-bond acceptors (Lipinski definition) is 11. The predicted octanol–water partition coefficient (Wildman–Crippen LogP) is 0.371. The van der Waals surface area contributed by atoms with Crippen LogP contribution < -0.4 is 5.32 Å². The minimum atomic E-state index is -4.20. The van der Waals surface area contributed by atoms with Crippen molar-refractivity contribution in [2.45, 2.75) is 41.1 Å². The highest BCUT2D eigenvalue weighted by molar-refractivity contribution is 8.01.